The third-order valence-electron chi connectivity index (χ3n) is 5.75. The number of amides is 2. The maximum absolute atomic E-state index is 12.7. The molecular formula is C23H27N3O3. The van der Waals surface area contributed by atoms with Crippen molar-refractivity contribution in [3.8, 4) is 5.88 Å². The molecule has 2 heterocycles. The number of methoxy groups -OCH3 is 1. The normalized spacial score (nSPS) is 17.1. The Balaban J connectivity index is 1.27. The molecule has 0 unspecified atom stereocenters. The van der Waals surface area contributed by atoms with Gasteiger partial charge in [0.1, 0.15) is 0 Å². The maximum atomic E-state index is 12.7. The van der Waals surface area contributed by atoms with Gasteiger partial charge in [-0.15, -0.1) is 0 Å². The molecule has 1 saturated carbocycles. The first-order chi connectivity index (χ1) is 14.1. The molecule has 152 valence electrons. The Kier molecular flexibility index (Phi) is 5.79. The highest BCUT2D eigenvalue weighted by Crippen LogP contribution is 2.24. The highest BCUT2D eigenvalue weighted by Gasteiger charge is 2.25. The fraction of sp³-hybridized carbons (Fsp3) is 0.435. The minimum Gasteiger partial charge on any atom is -0.481 e. The molecule has 1 aliphatic carbocycles. The standard InChI is InChI=1S/C23H27N3O3/c1-29-21-9-6-19(15-24-21)23(28)26-12-10-17(11-13-26)14-16-2-4-18(5-3-16)22(27)25-20-7-8-20/h2-6,9,15,17,20H,7-8,10-14H2,1H3,(H,25,27). The van der Waals surface area contributed by atoms with Crippen molar-refractivity contribution >= 4 is 11.8 Å². The number of nitrogens with zero attached hydrogens (tertiary/aromatic N) is 2. The van der Waals surface area contributed by atoms with Crippen molar-refractivity contribution in [2.45, 2.75) is 38.1 Å². The van der Waals surface area contributed by atoms with Crippen molar-refractivity contribution in [3.05, 3.63) is 59.3 Å². The van der Waals surface area contributed by atoms with E-state index in [0.717, 1.165) is 50.8 Å². The molecule has 0 bridgehead atoms. The molecular weight excluding hydrogens is 366 g/mol. The van der Waals surface area contributed by atoms with Crippen LogP contribution in [0, 0.1) is 5.92 Å². The molecule has 4 rings (SSSR count). The predicted molar refractivity (Wildman–Crippen MR) is 110 cm³/mol. The lowest BCUT2D eigenvalue weighted by atomic mass is 9.89. The van der Waals surface area contributed by atoms with E-state index in [0.29, 0.717) is 23.4 Å². The number of piperidine rings is 1. The molecule has 1 saturated heterocycles. The second kappa shape index (κ2) is 8.64. The first-order valence-electron chi connectivity index (χ1n) is 10.3. The molecule has 2 aliphatic rings. The topological polar surface area (TPSA) is 71.5 Å². The van der Waals surface area contributed by atoms with Gasteiger partial charge in [0.15, 0.2) is 0 Å². The number of hydrogen-bond donors (Lipinski definition) is 1. The van der Waals surface area contributed by atoms with Gasteiger partial charge in [-0.25, -0.2) is 4.98 Å². The summed E-state index contributed by atoms with van der Waals surface area (Å²) in [5.41, 5.74) is 2.58. The number of rotatable bonds is 6. The highest BCUT2D eigenvalue weighted by molar-refractivity contribution is 5.94. The van der Waals surface area contributed by atoms with Crippen LogP contribution in [0.4, 0.5) is 0 Å². The summed E-state index contributed by atoms with van der Waals surface area (Å²) in [5.74, 6) is 1.12. The highest BCUT2D eigenvalue weighted by atomic mass is 16.5. The van der Waals surface area contributed by atoms with Crippen LogP contribution in [-0.2, 0) is 6.42 Å². The van der Waals surface area contributed by atoms with Gasteiger partial charge in [0.05, 0.1) is 12.7 Å². The zero-order valence-corrected chi connectivity index (χ0v) is 16.8. The van der Waals surface area contributed by atoms with Crippen LogP contribution in [-0.4, -0.2) is 47.9 Å². The van der Waals surface area contributed by atoms with Crippen molar-refractivity contribution in [2.75, 3.05) is 20.2 Å². The Bertz CT molecular complexity index is 852. The summed E-state index contributed by atoms with van der Waals surface area (Å²) in [5, 5.41) is 3.02. The van der Waals surface area contributed by atoms with E-state index >= 15 is 0 Å². The molecule has 0 atom stereocenters. The van der Waals surface area contributed by atoms with Crippen LogP contribution in [0.3, 0.4) is 0 Å². The average Bonchev–Trinajstić information content (AvgIpc) is 3.58. The van der Waals surface area contributed by atoms with Gasteiger partial charge in [-0.2, -0.15) is 0 Å². The number of aromatic nitrogens is 1. The van der Waals surface area contributed by atoms with Crippen LogP contribution >= 0.6 is 0 Å². The zero-order chi connectivity index (χ0) is 20.2. The quantitative estimate of drug-likeness (QED) is 0.819. The minimum absolute atomic E-state index is 0.0268. The van der Waals surface area contributed by atoms with Gasteiger partial charge < -0.3 is 15.0 Å². The van der Waals surface area contributed by atoms with Crippen LogP contribution in [0.2, 0.25) is 0 Å². The molecule has 1 aromatic carbocycles. The molecule has 2 aromatic rings. The molecule has 0 radical (unpaired) electrons. The number of ether oxygens (including phenoxy) is 1. The largest absolute Gasteiger partial charge is 0.481 e. The van der Waals surface area contributed by atoms with Gasteiger partial charge in [0.2, 0.25) is 5.88 Å². The van der Waals surface area contributed by atoms with Gasteiger partial charge >= 0.3 is 0 Å². The zero-order valence-electron chi connectivity index (χ0n) is 16.8. The van der Waals surface area contributed by atoms with Crippen molar-refractivity contribution in [2.24, 2.45) is 5.92 Å². The Labute approximate surface area is 171 Å². The van der Waals surface area contributed by atoms with E-state index in [4.69, 9.17) is 4.74 Å². The molecule has 0 spiro atoms. The number of likely N-dealkylation sites (tertiary alicyclic amines) is 1. The molecule has 2 amide bonds. The van der Waals surface area contributed by atoms with Crippen LogP contribution in [0.1, 0.15) is 52.0 Å². The monoisotopic (exact) mass is 393 g/mol. The van der Waals surface area contributed by atoms with Crippen molar-refractivity contribution in [3.63, 3.8) is 0 Å². The fourth-order valence-electron chi connectivity index (χ4n) is 3.77. The number of carbonyl (C=O) groups excluding carboxylic acids is 2. The van der Waals surface area contributed by atoms with Crippen LogP contribution in [0.25, 0.3) is 0 Å². The number of nitrogens with one attached hydrogen (secondary N) is 1. The average molecular weight is 393 g/mol. The number of pyridine rings is 1. The molecule has 6 nitrogen and oxygen atoms in total. The molecule has 2 fully saturated rings. The van der Waals surface area contributed by atoms with E-state index in [2.05, 4.69) is 22.4 Å². The van der Waals surface area contributed by atoms with E-state index in [-0.39, 0.29) is 11.8 Å². The molecule has 29 heavy (non-hydrogen) atoms. The second-order valence-electron chi connectivity index (χ2n) is 7.97. The first kappa shape index (κ1) is 19.4. The van der Waals surface area contributed by atoms with E-state index < -0.39 is 0 Å². The van der Waals surface area contributed by atoms with Crippen molar-refractivity contribution < 1.29 is 14.3 Å². The predicted octanol–water partition coefficient (Wildman–Crippen LogP) is 3.08. The Morgan fingerprint density at radius 1 is 1.03 bits per heavy atom. The van der Waals surface area contributed by atoms with E-state index in [1.807, 2.05) is 17.0 Å². The van der Waals surface area contributed by atoms with Gasteiger partial charge in [0, 0.05) is 37.0 Å². The summed E-state index contributed by atoms with van der Waals surface area (Å²) in [6, 6.07) is 11.8. The van der Waals surface area contributed by atoms with Crippen molar-refractivity contribution in [1.29, 1.82) is 0 Å². The van der Waals surface area contributed by atoms with Crippen LogP contribution in [0.5, 0.6) is 5.88 Å². The summed E-state index contributed by atoms with van der Waals surface area (Å²) >= 11 is 0. The van der Waals surface area contributed by atoms with Gasteiger partial charge in [-0.3, -0.25) is 9.59 Å². The summed E-state index contributed by atoms with van der Waals surface area (Å²) in [6.45, 7) is 1.52. The Hall–Kier alpha value is -2.89. The lowest BCUT2D eigenvalue weighted by molar-refractivity contribution is 0.0690. The van der Waals surface area contributed by atoms with E-state index in [9.17, 15) is 9.59 Å². The summed E-state index contributed by atoms with van der Waals surface area (Å²) in [6.07, 6.45) is 6.73. The number of hydrogen-bond acceptors (Lipinski definition) is 4. The van der Waals surface area contributed by atoms with E-state index in [1.54, 1.807) is 25.4 Å². The van der Waals surface area contributed by atoms with Gasteiger partial charge in [0.25, 0.3) is 11.8 Å². The van der Waals surface area contributed by atoms with Crippen molar-refractivity contribution in [1.82, 2.24) is 15.2 Å². The number of benzene rings is 1. The summed E-state index contributed by atoms with van der Waals surface area (Å²) in [4.78, 5) is 30.8. The summed E-state index contributed by atoms with van der Waals surface area (Å²) < 4.78 is 5.05. The Morgan fingerprint density at radius 2 is 1.72 bits per heavy atom. The maximum Gasteiger partial charge on any atom is 0.255 e. The van der Waals surface area contributed by atoms with Gasteiger partial charge in [-0.05, 0) is 61.8 Å². The Morgan fingerprint density at radius 3 is 2.31 bits per heavy atom. The van der Waals surface area contributed by atoms with E-state index in [1.165, 1.54) is 5.56 Å². The fourth-order valence-corrected chi connectivity index (χ4v) is 3.77. The molecule has 6 heteroatoms. The lowest BCUT2D eigenvalue weighted by Crippen LogP contribution is -2.39. The molecule has 1 aromatic heterocycles. The molecule has 1 N–H and O–H groups in total. The lowest BCUT2D eigenvalue weighted by Gasteiger charge is -2.32. The third kappa shape index (κ3) is 4.94. The summed E-state index contributed by atoms with van der Waals surface area (Å²) in [7, 11) is 1.56. The first-order valence-corrected chi connectivity index (χ1v) is 10.3. The SMILES string of the molecule is COc1ccc(C(=O)N2CCC(Cc3ccc(C(=O)NC4CC4)cc3)CC2)cn1. The third-order valence-corrected chi connectivity index (χ3v) is 5.75. The second-order valence-corrected chi connectivity index (χ2v) is 7.97. The van der Waals surface area contributed by atoms with Crippen LogP contribution < -0.4 is 10.1 Å². The smallest absolute Gasteiger partial charge is 0.255 e. The molecule has 1 aliphatic heterocycles. The number of carbonyl (C=O) groups is 2. The van der Waals surface area contributed by atoms with Gasteiger partial charge in [-0.1, -0.05) is 12.1 Å². The minimum atomic E-state index is 0.0268. The van der Waals surface area contributed by atoms with Crippen LogP contribution in [0.15, 0.2) is 42.6 Å².